The SMILES string of the molecule is Cc1ccc(S(=O)(=O)OC(c2ccccc2)(c2ccccc2)c2ccccc2)cc1.N. The first kappa shape index (κ1) is 22.4. The van der Waals surface area contributed by atoms with E-state index in [9.17, 15) is 8.42 Å². The van der Waals surface area contributed by atoms with E-state index in [4.69, 9.17) is 4.18 Å². The highest BCUT2D eigenvalue weighted by Crippen LogP contribution is 2.42. The summed E-state index contributed by atoms with van der Waals surface area (Å²) in [5.74, 6) is 0. The van der Waals surface area contributed by atoms with E-state index in [1.807, 2.05) is 97.9 Å². The van der Waals surface area contributed by atoms with Gasteiger partial charge in [0.15, 0.2) is 5.60 Å². The van der Waals surface area contributed by atoms with Crippen molar-refractivity contribution in [2.24, 2.45) is 0 Å². The topological polar surface area (TPSA) is 78.4 Å². The second-order valence-corrected chi connectivity index (χ2v) is 8.68. The van der Waals surface area contributed by atoms with Crippen molar-refractivity contribution < 1.29 is 12.6 Å². The van der Waals surface area contributed by atoms with Gasteiger partial charge in [0, 0.05) is 0 Å². The van der Waals surface area contributed by atoms with Crippen LogP contribution in [0.4, 0.5) is 0 Å². The summed E-state index contributed by atoms with van der Waals surface area (Å²) in [7, 11) is -4.08. The number of rotatable bonds is 6. The first-order valence-electron chi connectivity index (χ1n) is 9.71. The van der Waals surface area contributed by atoms with Crippen LogP contribution in [0, 0.1) is 6.92 Å². The molecule has 4 aromatic rings. The minimum absolute atomic E-state index is 0. The molecule has 0 aliphatic heterocycles. The molecular formula is C26H25NO3S. The lowest BCUT2D eigenvalue weighted by Gasteiger charge is -2.34. The van der Waals surface area contributed by atoms with Crippen LogP contribution >= 0.6 is 0 Å². The van der Waals surface area contributed by atoms with Gasteiger partial charge in [-0.05, 0) is 35.7 Å². The van der Waals surface area contributed by atoms with Crippen LogP contribution in [0.25, 0.3) is 0 Å². The van der Waals surface area contributed by atoms with E-state index >= 15 is 0 Å². The molecule has 158 valence electrons. The van der Waals surface area contributed by atoms with Crippen molar-refractivity contribution in [3.63, 3.8) is 0 Å². The maximum atomic E-state index is 13.5. The first-order valence-corrected chi connectivity index (χ1v) is 11.1. The van der Waals surface area contributed by atoms with E-state index in [-0.39, 0.29) is 11.0 Å². The molecule has 4 rings (SSSR count). The van der Waals surface area contributed by atoms with Gasteiger partial charge >= 0.3 is 0 Å². The van der Waals surface area contributed by atoms with E-state index in [1.165, 1.54) is 0 Å². The van der Waals surface area contributed by atoms with Crippen molar-refractivity contribution in [1.82, 2.24) is 6.15 Å². The number of hydrogen-bond acceptors (Lipinski definition) is 4. The van der Waals surface area contributed by atoms with Gasteiger partial charge in [-0.2, -0.15) is 8.42 Å². The summed E-state index contributed by atoms with van der Waals surface area (Å²) in [5, 5.41) is 0. The molecule has 0 saturated carbocycles. The highest BCUT2D eigenvalue weighted by atomic mass is 32.2. The Labute approximate surface area is 183 Å². The van der Waals surface area contributed by atoms with E-state index in [0.29, 0.717) is 0 Å². The molecule has 0 aliphatic carbocycles. The van der Waals surface area contributed by atoms with Crippen molar-refractivity contribution in [2.75, 3.05) is 0 Å². The molecule has 0 atom stereocenters. The highest BCUT2D eigenvalue weighted by molar-refractivity contribution is 7.86. The minimum atomic E-state index is -4.08. The summed E-state index contributed by atoms with van der Waals surface area (Å²) in [6.07, 6.45) is 0. The van der Waals surface area contributed by atoms with Crippen LogP contribution in [-0.4, -0.2) is 8.42 Å². The Morgan fingerprint density at radius 1 is 0.581 bits per heavy atom. The third kappa shape index (κ3) is 4.44. The summed E-state index contributed by atoms with van der Waals surface area (Å²) in [6.45, 7) is 1.92. The molecule has 0 spiro atoms. The zero-order valence-electron chi connectivity index (χ0n) is 17.3. The molecule has 0 radical (unpaired) electrons. The van der Waals surface area contributed by atoms with Crippen LogP contribution in [0.5, 0.6) is 0 Å². The molecular weight excluding hydrogens is 406 g/mol. The van der Waals surface area contributed by atoms with Gasteiger partial charge in [-0.1, -0.05) is 109 Å². The summed E-state index contributed by atoms with van der Waals surface area (Å²) in [4.78, 5) is 0.125. The standard InChI is InChI=1S/C26H22O3S.H3N/c1-21-17-19-25(20-18-21)30(27,28)29-26(22-11-5-2-6-12-22,23-13-7-3-8-14-23)24-15-9-4-10-16-24;/h2-20H,1H3;1H3. The second kappa shape index (κ2) is 9.27. The third-order valence-corrected chi connectivity index (χ3v) is 6.40. The maximum Gasteiger partial charge on any atom is 0.298 e. The fourth-order valence-electron chi connectivity index (χ4n) is 3.58. The van der Waals surface area contributed by atoms with Gasteiger partial charge in [-0.25, -0.2) is 4.18 Å². The normalized spacial score (nSPS) is 11.5. The molecule has 4 nitrogen and oxygen atoms in total. The average molecular weight is 432 g/mol. The van der Waals surface area contributed by atoms with E-state index in [2.05, 4.69) is 0 Å². The molecule has 0 amide bonds. The molecule has 0 heterocycles. The van der Waals surface area contributed by atoms with Crippen molar-refractivity contribution in [1.29, 1.82) is 0 Å². The van der Waals surface area contributed by atoms with Gasteiger partial charge < -0.3 is 6.15 Å². The monoisotopic (exact) mass is 431 g/mol. The van der Waals surface area contributed by atoms with Gasteiger partial charge in [-0.3, -0.25) is 0 Å². The Bertz CT molecular complexity index is 1110. The predicted molar refractivity (Wildman–Crippen MR) is 124 cm³/mol. The predicted octanol–water partition coefficient (Wildman–Crippen LogP) is 5.85. The van der Waals surface area contributed by atoms with Crippen LogP contribution in [0.2, 0.25) is 0 Å². The van der Waals surface area contributed by atoms with E-state index in [0.717, 1.165) is 22.3 Å². The lowest BCUT2D eigenvalue weighted by atomic mass is 9.80. The quantitative estimate of drug-likeness (QED) is 0.307. The molecule has 31 heavy (non-hydrogen) atoms. The van der Waals surface area contributed by atoms with Crippen LogP contribution in [0.15, 0.2) is 120 Å². The van der Waals surface area contributed by atoms with Gasteiger partial charge in [0.25, 0.3) is 10.1 Å². The largest absolute Gasteiger partial charge is 0.344 e. The molecule has 0 bridgehead atoms. The molecule has 5 heteroatoms. The van der Waals surface area contributed by atoms with Gasteiger partial charge in [0.05, 0.1) is 4.90 Å². The van der Waals surface area contributed by atoms with Crippen molar-refractivity contribution in [3.05, 3.63) is 138 Å². The molecule has 0 fully saturated rings. The molecule has 0 saturated heterocycles. The molecule has 0 aliphatic rings. The van der Waals surface area contributed by atoms with E-state index in [1.54, 1.807) is 24.3 Å². The summed E-state index contributed by atoms with van der Waals surface area (Å²) >= 11 is 0. The summed E-state index contributed by atoms with van der Waals surface area (Å²) in [5.41, 5.74) is 1.86. The molecule has 0 unspecified atom stereocenters. The molecule has 3 N–H and O–H groups in total. The minimum Gasteiger partial charge on any atom is -0.344 e. The smallest absolute Gasteiger partial charge is 0.298 e. The number of hydrogen-bond donors (Lipinski definition) is 1. The van der Waals surface area contributed by atoms with Crippen LogP contribution in [-0.2, 0) is 19.9 Å². The Balaban J connectivity index is 0.00000272. The number of aryl methyl sites for hydroxylation is 1. The zero-order chi connectivity index (χ0) is 21.0. The lowest BCUT2D eigenvalue weighted by molar-refractivity contribution is 0.164. The Morgan fingerprint density at radius 3 is 1.29 bits per heavy atom. The Hall–Kier alpha value is -3.25. The Morgan fingerprint density at radius 2 is 0.935 bits per heavy atom. The van der Waals surface area contributed by atoms with Crippen LogP contribution < -0.4 is 6.15 Å². The fourth-order valence-corrected chi connectivity index (χ4v) is 4.76. The van der Waals surface area contributed by atoms with Crippen LogP contribution in [0.3, 0.4) is 0 Å². The summed E-state index contributed by atoms with van der Waals surface area (Å²) in [6, 6.07) is 35.1. The van der Waals surface area contributed by atoms with Crippen molar-refractivity contribution in [3.8, 4) is 0 Å². The summed E-state index contributed by atoms with van der Waals surface area (Å²) < 4.78 is 33.1. The fraction of sp³-hybridized carbons (Fsp3) is 0.0769. The van der Waals surface area contributed by atoms with Gasteiger partial charge in [0.1, 0.15) is 0 Å². The first-order chi connectivity index (χ1) is 14.5. The second-order valence-electron chi connectivity index (χ2n) is 7.13. The van der Waals surface area contributed by atoms with Crippen molar-refractivity contribution in [2.45, 2.75) is 17.4 Å². The van der Waals surface area contributed by atoms with Crippen molar-refractivity contribution >= 4 is 10.1 Å². The van der Waals surface area contributed by atoms with Gasteiger partial charge in [-0.15, -0.1) is 0 Å². The average Bonchev–Trinajstić information content (AvgIpc) is 2.79. The molecule has 0 aromatic heterocycles. The van der Waals surface area contributed by atoms with Crippen LogP contribution in [0.1, 0.15) is 22.3 Å². The van der Waals surface area contributed by atoms with Gasteiger partial charge in [0.2, 0.25) is 0 Å². The molecule has 4 aromatic carbocycles. The Kier molecular flexibility index (Phi) is 6.71. The van der Waals surface area contributed by atoms with E-state index < -0.39 is 15.7 Å². The zero-order valence-corrected chi connectivity index (χ0v) is 18.1. The number of benzene rings is 4. The lowest BCUT2D eigenvalue weighted by Crippen LogP contribution is -2.35. The maximum absolute atomic E-state index is 13.5. The highest BCUT2D eigenvalue weighted by Gasteiger charge is 2.42. The third-order valence-electron chi connectivity index (χ3n) is 5.09.